The molecule has 2 unspecified atom stereocenters. The molecule has 0 radical (unpaired) electrons. The lowest BCUT2D eigenvalue weighted by molar-refractivity contribution is -0.141. The molecule has 1 aliphatic heterocycles. The lowest BCUT2D eigenvalue weighted by atomic mass is 10.1. The molecule has 2 atom stereocenters. The minimum absolute atomic E-state index is 0.0438. The number of nitrogens with zero attached hydrogens (tertiary/aromatic N) is 2. The first-order valence-corrected chi connectivity index (χ1v) is 12.9. The summed E-state index contributed by atoms with van der Waals surface area (Å²) in [5.74, 6) is -1.66. The van der Waals surface area contributed by atoms with Crippen LogP contribution in [0.5, 0.6) is 0 Å². The number of carbonyl (C=O) groups excluding carboxylic acids is 3. The predicted molar refractivity (Wildman–Crippen MR) is 128 cm³/mol. The maximum atomic E-state index is 13.5. The van der Waals surface area contributed by atoms with Crippen LogP contribution in [0.2, 0.25) is 0 Å². The molecule has 2 aromatic rings. The van der Waals surface area contributed by atoms with E-state index in [9.17, 15) is 22.8 Å². The molecule has 0 saturated carbocycles. The lowest BCUT2D eigenvalue weighted by Gasteiger charge is -2.32. The van der Waals surface area contributed by atoms with Gasteiger partial charge in [-0.1, -0.05) is 50.2 Å². The van der Waals surface area contributed by atoms with Crippen LogP contribution in [0.1, 0.15) is 55.1 Å². The van der Waals surface area contributed by atoms with Gasteiger partial charge >= 0.3 is 0 Å². The predicted octanol–water partition coefficient (Wildman–Crippen LogP) is 2.86. The van der Waals surface area contributed by atoms with Gasteiger partial charge in [0, 0.05) is 12.6 Å². The summed E-state index contributed by atoms with van der Waals surface area (Å²) in [7, 11) is -4.15. The molecular weight excluding hydrogens is 454 g/mol. The highest BCUT2D eigenvalue weighted by Gasteiger charge is 2.43. The number of benzene rings is 2. The molecule has 1 N–H and O–H groups in total. The van der Waals surface area contributed by atoms with Gasteiger partial charge in [0.2, 0.25) is 11.8 Å². The van der Waals surface area contributed by atoms with E-state index in [2.05, 4.69) is 5.32 Å². The maximum Gasteiger partial charge on any atom is 0.269 e. The molecule has 0 spiro atoms. The van der Waals surface area contributed by atoms with Crippen LogP contribution in [0, 0.1) is 6.92 Å². The van der Waals surface area contributed by atoms with E-state index in [1.807, 2.05) is 45.0 Å². The molecule has 0 saturated heterocycles. The Hall–Kier alpha value is -3.20. The fourth-order valence-corrected chi connectivity index (χ4v) is 5.45. The van der Waals surface area contributed by atoms with E-state index in [4.69, 9.17) is 0 Å². The molecular formula is C25H31N3O5S. The zero-order valence-corrected chi connectivity index (χ0v) is 20.8. The largest absolute Gasteiger partial charge is 0.352 e. The van der Waals surface area contributed by atoms with Crippen molar-refractivity contribution in [1.29, 1.82) is 0 Å². The van der Waals surface area contributed by atoms with E-state index in [0.29, 0.717) is 10.7 Å². The fraction of sp³-hybridized carbons (Fsp3) is 0.400. The number of sulfonamides is 1. The smallest absolute Gasteiger partial charge is 0.269 e. The van der Waals surface area contributed by atoms with Crippen LogP contribution in [0.15, 0.2) is 53.4 Å². The van der Waals surface area contributed by atoms with Gasteiger partial charge in [0.1, 0.15) is 17.5 Å². The molecule has 2 aromatic carbocycles. The van der Waals surface area contributed by atoms with Crippen molar-refractivity contribution in [3.05, 3.63) is 65.2 Å². The van der Waals surface area contributed by atoms with Crippen LogP contribution >= 0.6 is 0 Å². The second-order valence-electron chi connectivity index (χ2n) is 8.50. The molecule has 9 heteroatoms. The fourth-order valence-electron chi connectivity index (χ4n) is 3.93. The summed E-state index contributed by atoms with van der Waals surface area (Å²) in [6, 6.07) is 12.5. The summed E-state index contributed by atoms with van der Waals surface area (Å²) in [4.78, 5) is 40.7. The quantitative estimate of drug-likeness (QED) is 0.588. The van der Waals surface area contributed by atoms with Gasteiger partial charge in [0.15, 0.2) is 0 Å². The second kappa shape index (κ2) is 10.4. The minimum Gasteiger partial charge on any atom is -0.352 e. The van der Waals surface area contributed by atoms with Gasteiger partial charge in [-0.15, -0.1) is 0 Å². The van der Waals surface area contributed by atoms with Gasteiger partial charge in [-0.05, 0) is 49.9 Å². The summed E-state index contributed by atoms with van der Waals surface area (Å²) in [5.41, 5.74) is 1.82. The van der Waals surface area contributed by atoms with Crippen LogP contribution < -0.4 is 5.32 Å². The van der Waals surface area contributed by atoms with Crippen molar-refractivity contribution in [3.63, 3.8) is 0 Å². The number of fused-ring (bicyclic) bond motifs is 1. The maximum absolute atomic E-state index is 13.5. The Kier molecular flexibility index (Phi) is 7.76. The molecule has 182 valence electrons. The topological polar surface area (TPSA) is 104 Å². The standard InChI is InChI=1S/C25H31N3O5S/c1-5-18(4)26-24(30)21(6-2)27(15-19-12-8-7-11-17(19)3)23(29)16-28-25(31)20-13-9-10-14-22(20)34(28,32)33/h7-14,18,21H,5-6,15-16H2,1-4H3,(H,26,30). The lowest BCUT2D eigenvalue weighted by Crippen LogP contribution is -2.53. The molecule has 3 rings (SSSR count). The van der Waals surface area contributed by atoms with Gasteiger partial charge in [0.05, 0.1) is 5.56 Å². The number of hydrogen-bond donors (Lipinski definition) is 1. The highest BCUT2D eigenvalue weighted by molar-refractivity contribution is 7.90. The third-order valence-corrected chi connectivity index (χ3v) is 7.97. The first-order valence-electron chi connectivity index (χ1n) is 11.4. The normalized spacial score (nSPS) is 16.0. The molecule has 0 aromatic heterocycles. The molecule has 0 fully saturated rings. The Morgan fingerprint density at radius 1 is 1.03 bits per heavy atom. The van der Waals surface area contributed by atoms with E-state index in [0.717, 1.165) is 17.5 Å². The number of aryl methyl sites for hydroxylation is 1. The number of carbonyl (C=O) groups is 3. The average molecular weight is 486 g/mol. The average Bonchev–Trinajstić information content (AvgIpc) is 3.00. The molecule has 34 heavy (non-hydrogen) atoms. The Morgan fingerprint density at radius 2 is 1.68 bits per heavy atom. The Labute approximate surface area is 201 Å². The van der Waals surface area contributed by atoms with Gasteiger partial charge in [-0.25, -0.2) is 12.7 Å². The summed E-state index contributed by atoms with van der Waals surface area (Å²) >= 11 is 0. The highest BCUT2D eigenvalue weighted by Crippen LogP contribution is 2.30. The van der Waals surface area contributed by atoms with E-state index in [1.165, 1.54) is 23.1 Å². The number of rotatable bonds is 9. The van der Waals surface area contributed by atoms with Crippen molar-refractivity contribution in [2.75, 3.05) is 6.54 Å². The van der Waals surface area contributed by atoms with Crippen molar-refractivity contribution in [3.8, 4) is 0 Å². The minimum atomic E-state index is -4.15. The molecule has 1 aliphatic rings. The van der Waals surface area contributed by atoms with Crippen LogP contribution in [0.4, 0.5) is 0 Å². The summed E-state index contributed by atoms with van der Waals surface area (Å²) in [5, 5.41) is 2.92. The van der Waals surface area contributed by atoms with E-state index in [-0.39, 0.29) is 29.0 Å². The summed E-state index contributed by atoms with van der Waals surface area (Å²) in [6.45, 7) is 6.98. The number of nitrogens with one attached hydrogen (secondary N) is 1. The molecule has 0 bridgehead atoms. The van der Waals surface area contributed by atoms with Crippen molar-refractivity contribution in [2.45, 2.75) is 64.1 Å². The van der Waals surface area contributed by atoms with E-state index < -0.39 is 34.4 Å². The zero-order valence-electron chi connectivity index (χ0n) is 19.9. The molecule has 3 amide bonds. The number of hydrogen-bond acceptors (Lipinski definition) is 5. The van der Waals surface area contributed by atoms with Crippen LogP contribution in [0.3, 0.4) is 0 Å². The van der Waals surface area contributed by atoms with Crippen molar-refractivity contribution in [2.24, 2.45) is 0 Å². The van der Waals surface area contributed by atoms with Gasteiger partial charge in [-0.3, -0.25) is 14.4 Å². The molecule has 1 heterocycles. The third kappa shape index (κ3) is 4.99. The second-order valence-corrected chi connectivity index (χ2v) is 10.3. The van der Waals surface area contributed by atoms with Crippen molar-refractivity contribution in [1.82, 2.24) is 14.5 Å². The monoisotopic (exact) mass is 485 g/mol. The van der Waals surface area contributed by atoms with Crippen LogP contribution in [-0.2, 0) is 26.2 Å². The zero-order chi connectivity index (χ0) is 25.0. The highest BCUT2D eigenvalue weighted by atomic mass is 32.2. The number of amides is 3. The first-order chi connectivity index (χ1) is 16.1. The Balaban J connectivity index is 1.94. The van der Waals surface area contributed by atoms with Crippen molar-refractivity contribution < 1.29 is 22.8 Å². The van der Waals surface area contributed by atoms with Crippen molar-refractivity contribution >= 4 is 27.7 Å². The van der Waals surface area contributed by atoms with E-state index in [1.54, 1.807) is 13.0 Å². The molecule has 0 aliphatic carbocycles. The SMILES string of the molecule is CCC(C)NC(=O)C(CC)N(Cc1ccccc1C)C(=O)CN1C(=O)c2ccccc2S1(=O)=O. The van der Waals surface area contributed by atoms with Gasteiger partial charge in [0.25, 0.3) is 15.9 Å². The van der Waals surface area contributed by atoms with Gasteiger partial charge in [-0.2, -0.15) is 0 Å². The van der Waals surface area contributed by atoms with Crippen LogP contribution in [0.25, 0.3) is 0 Å². The summed E-state index contributed by atoms with van der Waals surface area (Å²) in [6.07, 6.45) is 1.06. The van der Waals surface area contributed by atoms with E-state index >= 15 is 0 Å². The third-order valence-electron chi connectivity index (χ3n) is 6.18. The van der Waals surface area contributed by atoms with Crippen LogP contribution in [-0.4, -0.2) is 54.0 Å². The summed E-state index contributed by atoms with van der Waals surface area (Å²) < 4.78 is 26.6. The van der Waals surface area contributed by atoms with Gasteiger partial charge < -0.3 is 10.2 Å². The Morgan fingerprint density at radius 3 is 2.29 bits per heavy atom. The molecule has 8 nitrogen and oxygen atoms in total. The first kappa shape index (κ1) is 25.4. The Bertz CT molecular complexity index is 1190.